The molecule has 0 aliphatic carbocycles. The zero-order chi connectivity index (χ0) is 10.3. The van der Waals surface area contributed by atoms with Crippen molar-refractivity contribution in [3.8, 4) is 0 Å². The highest BCUT2D eigenvalue weighted by molar-refractivity contribution is 5.91. The molecule has 0 aromatic rings. The van der Waals surface area contributed by atoms with E-state index in [9.17, 15) is 9.59 Å². The van der Waals surface area contributed by atoms with Crippen LogP contribution in [0, 0.1) is 0 Å². The van der Waals surface area contributed by atoms with E-state index in [1.807, 2.05) is 13.0 Å². The molecule has 2 heterocycles. The van der Waals surface area contributed by atoms with Gasteiger partial charge in [-0.05, 0) is 12.0 Å². The molecule has 1 saturated heterocycles. The number of amides is 3. The first kappa shape index (κ1) is 9.05. The standard InChI is InChI=1S/C9H13N3O2/c1-2-5-3-6-4-12(9(14)11-6)7(5)8(10)13/h3,6-7H,2,4H2,1H3,(H2,10,13)(H,11,14)/t6-,7+/m1/s1. The van der Waals surface area contributed by atoms with Gasteiger partial charge >= 0.3 is 6.03 Å². The molecule has 2 aliphatic rings. The zero-order valence-corrected chi connectivity index (χ0v) is 7.99. The van der Waals surface area contributed by atoms with Gasteiger partial charge in [0.1, 0.15) is 6.04 Å². The normalized spacial score (nSPS) is 29.9. The number of fused-ring (bicyclic) bond motifs is 2. The summed E-state index contributed by atoms with van der Waals surface area (Å²) in [6.45, 7) is 2.51. The summed E-state index contributed by atoms with van der Waals surface area (Å²) in [5.74, 6) is -0.450. The van der Waals surface area contributed by atoms with Gasteiger partial charge in [-0.2, -0.15) is 0 Å². The van der Waals surface area contributed by atoms with E-state index in [-0.39, 0.29) is 12.1 Å². The maximum atomic E-state index is 11.4. The Labute approximate surface area is 81.9 Å². The van der Waals surface area contributed by atoms with Crippen LogP contribution in [-0.4, -0.2) is 35.5 Å². The Morgan fingerprint density at radius 2 is 2.50 bits per heavy atom. The molecule has 0 radical (unpaired) electrons. The third-order valence-electron chi connectivity index (χ3n) is 2.72. The molecule has 76 valence electrons. The molecule has 2 bridgehead atoms. The fraction of sp³-hybridized carbons (Fsp3) is 0.556. The van der Waals surface area contributed by atoms with Gasteiger partial charge in [-0.1, -0.05) is 13.0 Å². The summed E-state index contributed by atoms with van der Waals surface area (Å²) < 4.78 is 0. The van der Waals surface area contributed by atoms with Crippen LogP contribution in [0.2, 0.25) is 0 Å². The van der Waals surface area contributed by atoms with Crippen molar-refractivity contribution in [3.63, 3.8) is 0 Å². The lowest BCUT2D eigenvalue weighted by Crippen LogP contribution is -2.48. The highest BCUT2D eigenvalue weighted by atomic mass is 16.2. The van der Waals surface area contributed by atoms with Gasteiger partial charge in [-0.3, -0.25) is 4.79 Å². The number of carbonyl (C=O) groups is 2. The Kier molecular flexibility index (Phi) is 1.94. The zero-order valence-electron chi connectivity index (χ0n) is 7.99. The average molecular weight is 195 g/mol. The highest BCUT2D eigenvalue weighted by Gasteiger charge is 2.41. The second-order valence-electron chi connectivity index (χ2n) is 3.61. The maximum absolute atomic E-state index is 11.4. The second-order valence-corrected chi connectivity index (χ2v) is 3.61. The summed E-state index contributed by atoms with van der Waals surface area (Å²) >= 11 is 0. The van der Waals surface area contributed by atoms with Crippen molar-refractivity contribution in [2.24, 2.45) is 5.73 Å². The first-order valence-electron chi connectivity index (χ1n) is 4.70. The molecular weight excluding hydrogens is 182 g/mol. The molecule has 5 nitrogen and oxygen atoms in total. The minimum absolute atomic E-state index is 0.0491. The van der Waals surface area contributed by atoms with Crippen molar-refractivity contribution in [3.05, 3.63) is 11.6 Å². The fourth-order valence-electron chi connectivity index (χ4n) is 2.10. The van der Waals surface area contributed by atoms with Crippen molar-refractivity contribution in [2.45, 2.75) is 25.4 Å². The quantitative estimate of drug-likeness (QED) is 0.587. The number of nitrogens with two attached hydrogens (primary N) is 1. The molecule has 0 aromatic carbocycles. The van der Waals surface area contributed by atoms with Crippen LogP contribution in [0.1, 0.15) is 13.3 Å². The van der Waals surface area contributed by atoms with Crippen molar-refractivity contribution in [2.75, 3.05) is 6.54 Å². The smallest absolute Gasteiger partial charge is 0.318 e. The topological polar surface area (TPSA) is 75.4 Å². The summed E-state index contributed by atoms with van der Waals surface area (Å²) in [5.41, 5.74) is 6.22. The van der Waals surface area contributed by atoms with Crippen LogP contribution in [0.15, 0.2) is 11.6 Å². The van der Waals surface area contributed by atoms with Gasteiger partial charge < -0.3 is 16.0 Å². The van der Waals surface area contributed by atoms with Crippen LogP contribution in [0.3, 0.4) is 0 Å². The van der Waals surface area contributed by atoms with Crippen LogP contribution in [0.4, 0.5) is 4.79 Å². The molecule has 5 heteroatoms. The monoisotopic (exact) mass is 195 g/mol. The summed E-state index contributed by atoms with van der Waals surface area (Å²) in [5, 5.41) is 2.77. The Balaban J connectivity index is 2.35. The molecule has 3 N–H and O–H groups in total. The lowest BCUT2D eigenvalue weighted by Gasteiger charge is -2.29. The highest BCUT2D eigenvalue weighted by Crippen LogP contribution is 2.24. The molecule has 2 aliphatic heterocycles. The molecule has 0 spiro atoms. The third-order valence-corrected chi connectivity index (χ3v) is 2.72. The Bertz CT molecular complexity index is 324. The average Bonchev–Trinajstić information content (AvgIpc) is 2.41. The van der Waals surface area contributed by atoms with Crippen LogP contribution in [0.25, 0.3) is 0 Å². The number of carbonyl (C=O) groups excluding carboxylic acids is 2. The molecule has 2 atom stereocenters. The Morgan fingerprint density at radius 1 is 1.79 bits per heavy atom. The van der Waals surface area contributed by atoms with E-state index in [4.69, 9.17) is 5.73 Å². The molecular formula is C9H13N3O2. The van der Waals surface area contributed by atoms with E-state index in [0.717, 1.165) is 12.0 Å². The van der Waals surface area contributed by atoms with Crippen molar-refractivity contribution in [1.29, 1.82) is 0 Å². The van der Waals surface area contributed by atoms with Crippen molar-refractivity contribution in [1.82, 2.24) is 10.2 Å². The minimum atomic E-state index is -0.543. The molecule has 14 heavy (non-hydrogen) atoms. The van der Waals surface area contributed by atoms with Crippen LogP contribution in [-0.2, 0) is 4.79 Å². The first-order chi connectivity index (χ1) is 6.63. The molecule has 0 unspecified atom stereocenters. The van der Waals surface area contributed by atoms with Gasteiger partial charge in [0.2, 0.25) is 5.91 Å². The van der Waals surface area contributed by atoms with Gasteiger partial charge in [0.25, 0.3) is 0 Å². The van der Waals surface area contributed by atoms with Crippen LogP contribution >= 0.6 is 0 Å². The molecule has 1 fully saturated rings. The lowest BCUT2D eigenvalue weighted by atomic mass is 9.97. The predicted octanol–water partition coefficient (Wildman–Crippen LogP) is -0.416. The summed E-state index contributed by atoms with van der Waals surface area (Å²) in [4.78, 5) is 24.1. The molecule has 0 saturated carbocycles. The van der Waals surface area contributed by atoms with Gasteiger partial charge in [0.05, 0.1) is 6.04 Å². The van der Waals surface area contributed by atoms with Crippen molar-refractivity contribution < 1.29 is 9.59 Å². The Hall–Kier alpha value is -1.52. The number of hydrogen-bond acceptors (Lipinski definition) is 2. The van der Waals surface area contributed by atoms with Crippen molar-refractivity contribution >= 4 is 11.9 Å². The van der Waals surface area contributed by atoms with E-state index in [0.29, 0.717) is 6.54 Å². The van der Waals surface area contributed by atoms with Gasteiger partial charge in [-0.25, -0.2) is 4.79 Å². The fourth-order valence-corrected chi connectivity index (χ4v) is 2.10. The Morgan fingerprint density at radius 3 is 3.07 bits per heavy atom. The SMILES string of the molecule is CCC1=C[C@@H]2CN(C(=O)N2)[C@@H]1C(N)=O. The molecule has 3 amide bonds. The van der Waals surface area contributed by atoms with Gasteiger partial charge in [-0.15, -0.1) is 0 Å². The number of urea groups is 1. The van der Waals surface area contributed by atoms with Crippen LogP contribution in [0.5, 0.6) is 0 Å². The maximum Gasteiger partial charge on any atom is 0.318 e. The van der Waals surface area contributed by atoms with Gasteiger partial charge in [0, 0.05) is 6.54 Å². The van der Waals surface area contributed by atoms with E-state index < -0.39 is 11.9 Å². The second kappa shape index (κ2) is 3.01. The third kappa shape index (κ3) is 1.16. The first-order valence-corrected chi connectivity index (χ1v) is 4.70. The molecule has 0 aromatic heterocycles. The number of nitrogens with zero attached hydrogens (tertiary/aromatic N) is 1. The van der Waals surface area contributed by atoms with E-state index >= 15 is 0 Å². The number of hydrogen-bond donors (Lipinski definition) is 2. The van der Waals surface area contributed by atoms with Crippen LogP contribution < -0.4 is 11.1 Å². The number of nitrogens with one attached hydrogen (secondary N) is 1. The van der Waals surface area contributed by atoms with E-state index in [1.54, 1.807) is 0 Å². The van der Waals surface area contributed by atoms with E-state index in [1.165, 1.54) is 4.90 Å². The largest absolute Gasteiger partial charge is 0.368 e. The predicted molar refractivity (Wildman–Crippen MR) is 50.4 cm³/mol. The van der Waals surface area contributed by atoms with Gasteiger partial charge in [0.15, 0.2) is 0 Å². The lowest BCUT2D eigenvalue weighted by molar-refractivity contribution is -0.121. The summed E-state index contributed by atoms with van der Waals surface area (Å²) in [6.07, 6.45) is 2.69. The number of primary amides is 1. The summed E-state index contributed by atoms with van der Waals surface area (Å²) in [7, 11) is 0. The van der Waals surface area contributed by atoms with E-state index in [2.05, 4.69) is 5.32 Å². The minimum Gasteiger partial charge on any atom is -0.368 e. The molecule has 2 rings (SSSR count). The summed E-state index contributed by atoms with van der Waals surface area (Å²) in [6, 6.07) is -0.690. The number of rotatable bonds is 2.